The zero-order chi connectivity index (χ0) is 26.4. The van der Waals surface area contributed by atoms with Crippen molar-refractivity contribution >= 4 is 44.5 Å². The summed E-state index contributed by atoms with van der Waals surface area (Å²) in [4.78, 5) is 26.1. The molecule has 2 aromatic rings. The molecule has 36 heavy (non-hydrogen) atoms. The van der Waals surface area contributed by atoms with Crippen molar-refractivity contribution in [3.63, 3.8) is 0 Å². The van der Waals surface area contributed by atoms with Crippen molar-refractivity contribution in [3.05, 3.63) is 32.0 Å². The summed E-state index contributed by atoms with van der Waals surface area (Å²) in [5.41, 5.74) is 1.22. The number of fused-ring (bicyclic) bond motifs is 2. The molecule has 2 aliphatic rings. The van der Waals surface area contributed by atoms with Crippen molar-refractivity contribution in [2.75, 3.05) is 10.6 Å². The summed E-state index contributed by atoms with van der Waals surface area (Å²) < 4.78 is 58.9. The van der Waals surface area contributed by atoms with E-state index in [-0.39, 0.29) is 21.1 Å². The van der Waals surface area contributed by atoms with Crippen LogP contribution in [0, 0.1) is 34.5 Å². The zero-order valence-electron chi connectivity index (χ0n) is 19.4. The number of hydrogen-bond acceptors (Lipinski definition) is 6. The largest absolute Gasteiger partial charge is 0.396 e. The molecular formula is C24H22F4N4O2S2. The van der Waals surface area contributed by atoms with Crippen LogP contribution in [0.5, 0.6) is 0 Å². The van der Waals surface area contributed by atoms with Gasteiger partial charge in [0, 0.05) is 9.75 Å². The molecule has 0 radical (unpaired) electrons. The van der Waals surface area contributed by atoms with Crippen LogP contribution >= 0.6 is 22.7 Å². The van der Waals surface area contributed by atoms with Crippen molar-refractivity contribution in [2.45, 2.75) is 64.2 Å². The second-order valence-electron chi connectivity index (χ2n) is 9.39. The van der Waals surface area contributed by atoms with Gasteiger partial charge < -0.3 is 10.6 Å². The summed E-state index contributed by atoms with van der Waals surface area (Å²) in [5.74, 6) is -15.0. The van der Waals surface area contributed by atoms with E-state index in [1.165, 1.54) is 0 Å². The van der Waals surface area contributed by atoms with Crippen LogP contribution in [0.3, 0.4) is 0 Å². The van der Waals surface area contributed by atoms with Crippen molar-refractivity contribution in [1.82, 2.24) is 0 Å². The molecule has 0 aromatic carbocycles. The summed E-state index contributed by atoms with van der Waals surface area (Å²) in [5, 5.41) is 22.0. The lowest BCUT2D eigenvalue weighted by Crippen LogP contribution is -2.56. The number of carbonyl (C=O) groups is 2. The van der Waals surface area contributed by atoms with Gasteiger partial charge >= 0.3 is 23.7 Å². The van der Waals surface area contributed by atoms with Gasteiger partial charge in [-0.1, -0.05) is 13.8 Å². The lowest BCUT2D eigenvalue weighted by atomic mass is 9.88. The molecule has 190 valence electrons. The summed E-state index contributed by atoms with van der Waals surface area (Å²) in [6.07, 6.45) is 3.76. The molecule has 2 atom stereocenters. The molecule has 2 heterocycles. The number of thiophene rings is 2. The number of carbonyl (C=O) groups excluding carboxylic acids is 2. The van der Waals surface area contributed by atoms with Gasteiger partial charge in [-0.2, -0.15) is 28.1 Å². The predicted octanol–water partition coefficient (Wildman–Crippen LogP) is 5.65. The molecular weight excluding hydrogens is 516 g/mol. The van der Waals surface area contributed by atoms with Crippen LogP contribution in [-0.2, 0) is 35.3 Å². The van der Waals surface area contributed by atoms with Gasteiger partial charge in [0.25, 0.3) is 0 Å². The Kier molecular flexibility index (Phi) is 6.88. The van der Waals surface area contributed by atoms with E-state index in [4.69, 9.17) is 0 Å². The monoisotopic (exact) mass is 538 g/mol. The van der Waals surface area contributed by atoms with E-state index in [9.17, 15) is 37.7 Å². The fourth-order valence-electron chi connectivity index (χ4n) is 4.56. The van der Waals surface area contributed by atoms with Gasteiger partial charge in [0.1, 0.15) is 22.1 Å². The third-order valence-electron chi connectivity index (χ3n) is 6.67. The summed E-state index contributed by atoms with van der Waals surface area (Å²) in [6.45, 7) is 3.98. The van der Waals surface area contributed by atoms with Gasteiger partial charge in [-0.25, -0.2) is 0 Å². The van der Waals surface area contributed by atoms with Crippen LogP contribution in [0.4, 0.5) is 27.6 Å². The topological polar surface area (TPSA) is 106 Å². The van der Waals surface area contributed by atoms with E-state index in [1.54, 1.807) is 10.6 Å². The molecule has 2 aromatic heterocycles. The quantitative estimate of drug-likeness (QED) is 0.480. The highest BCUT2D eigenvalue weighted by Crippen LogP contribution is 2.43. The molecule has 0 spiro atoms. The predicted molar refractivity (Wildman–Crippen MR) is 128 cm³/mol. The SMILES string of the molecule is CC1CCc2c(sc(NC(=O)C(F)(F)C(F)(F)C(=O)Nc3sc4c(c3C#N)CCC(C)C4)c2C#N)C1. The third kappa shape index (κ3) is 4.37. The highest BCUT2D eigenvalue weighted by molar-refractivity contribution is 7.17. The first-order valence-corrected chi connectivity index (χ1v) is 13.0. The molecule has 2 amide bonds. The first-order chi connectivity index (χ1) is 16.9. The molecule has 0 bridgehead atoms. The number of rotatable bonds is 5. The van der Waals surface area contributed by atoms with Gasteiger partial charge in [0.05, 0.1) is 11.1 Å². The van der Waals surface area contributed by atoms with Crippen molar-refractivity contribution in [2.24, 2.45) is 11.8 Å². The van der Waals surface area contributed by atoms with E-state index in [0.29, 0.717) is 48.6 Å². The number of halogens is 4. The van der Waals surface area contributed by atoms with Gasteiger partial charge in [-0.15, -0.1) is 22.7 Å². The van der Waals surface area contributed by atoms with Gasteiger partial charge in [0.15, 0.2) is 0 Å². The highest BCUT2D eigenvalue weighted by atomic mass is 32.1. The smallest absolute Gasteiger partial charge is 0.311 e. The standard InChI is InChI=1S/C24H22F4N4O2S2/c1-11-3-5-13-15(9-29)19(35-17(13)7-11)31-21(33)23(25,26)24(27,28)22(34)32-20-16(10-30)14-6-4-12(2)8-18(14)36-20/h11-12H,3-8H2,1-2H3,(H,31,33)(H,32,34). The van der Waals surface area contributed by atoms with Crippen LogP contribution in [0.1, 0.15) is 58.7 Å². The molecule has 0 aliphatic heterocycles. The second kappa shape index (κ2) is 9.49. The van der Waals surface area contributed by atoms with Gasteiger partial charge in [-0.3, -0.25) is 9.59 Å². The fourth-order valence-corrected chi connectivity index (χ4v) is 7.28. The van der Waals surface area contributed by atoms with Gasteiger partial charge in [0.2, 0.25) is 0 Å². The lowest BCUT2D eigenvalue weighted by molar-refractivity contribution is -0.204. The van der Waals surface area contributed by atoms with Crippen LogP contribution in [0.15, 0.2) is 0 Å². The Balaban J connectivity index is 1.56. The number of hydrogen-bond donors (Lipinski definition) is 2. The van der Waals surface area contributed by atoms with E-state index >= 15 is 0 Å². The van der Waals surface area contributed by atoms with E-state index in [0.717, 1.165) is 45.3 Å². The Morgan fingerprint density at radius 2 is 1.17 bits per heavy atom. The maximum absolute atomic E-state index is 14.7. The average Bonchev–Trinajstić information content (AvgIpc) is 3.33. The first-order valence-electron chi connectivity index (χ1n) is 11.4. The highest BCUT2D eigenvalue weighted by Gasteiger charge is 2.67. The van der Waals surface area contributed by atoms with Crippen molar-refractivity contribution < 1.29 is 27.2 Å². The number of nitriles is 2. The minimum atomic E-state index is -5.42. The van der Waals surface area contributed by atoms with Crippen LogP contribution in [-0.4, -0.2) is 23.7 Å². The second-order valence-corrected chi connectivity index (χ2v) is 11.6. The van der Waals surface area contributed by atoms with Crippen LogP contribution < -0.4 is 10.6 Å². The van der Waals surface area contributed by atoms with Crippen molar-refractivity contribution in [1.29, 1.82) is 10.5 Å². The van der Waals surface area contributed by atoms with E-state index in [2.05, 4.69) is 0 Å². The number of nitrogens with one attached hydrogen (secondary N) is 2. The minimum absolute atomic E-state index is 0.0177. The van der Waals surface area contributed by atoms with E-state index in [1.807, 2.05) is 26.0 Å². The lowest BCUT2D eigenvalue weighted by Gasteiger charge is -2.24. The fraction of sp³-hybridized carbons (Fsp3) is 0.500. The average molecular weight is 539 g/mol. The molecule has 0 fully saturated rings. The molecule has 2 N–H and O–H groups in total. The van der Waals surface area contributed by atoms with Crippen LogP contribution in [0.2, 0.25) is 0 Å². The summed E-state index contributed by atoms with van der Waals surface area (Å²) >= 11 is 1.82. The Bertz CT molecular complexity index is 1220. The number of amides is 2. The Morgan fingerprint density at radius 3 is 1.50 bits per heavy atom. The Hall–Kier alpha value is -2.96. The first kappa shape index (κ1) is 26.1. The molecule has 6 nitrogen and oxygen atoms in total. The summed E-state index contributed by atoms with van der Waals surface area (Å²) in [6, 6.07) is 3.73. The molecule has 0 saturated heterocycles. The van der Waals surface area contributed by atoms with E-state index < -0.39 is 23.7 Å². The molecule has 4 rings (SSSR count). The van der Waals surface area contributed by atoms with Crippen LogP contribution in [0.25, 0.3) is 0 Å². The maximum atomic E-state index is 14.7. The zero-order valence-corrected chi connectivity index (χ0v) is 21.1. The maximum Gasteiger partial charge on any atom is 0.396 e. The molecule has 0 saturated carbocycles. The number of nitrogens with zero attached hydrogens (tertiary/aromatic N) is 2. The summed E-state index contributed by atoms with van der Waals surface area (Å²) in [7, 11) is 0. The molecule has 2 unspecified atom stereocenters. The molecule has 2 aliphatic carbocycles. The number of anilines is 2. The Labute approximate surface area is 212 Å². The Morgan fingerprint density at radius 1 is 0.806 bits per heavy atom. The normalized spacial score (nSPS) is 19.4. The van der Waals surface area contributed by atoms with Crippen molar-refractivity contribution in [3.8, 4) is 12.1 Å². The minimum Gasteiger partial charge on any atom is -0.311 e. The molecule has 12 heteroatoms. The van der Waals surface area contributed by atoms with Gasteiger partial charge in [-0.05, 0) is 61.5 Å². The third-order valence-corrected chi connectivity index (χ3v) is 9.01. The number of alkyl halides is 4.